The molecule has 0 aliphatic heterocycles. The Labute approximate surface area is 113 Å². The zero-order chi connectivity index (χ0) is 13.1. The van der Waals surface area contributed by atoms with Gasteiger partial charge in [-0.2, -0.15) is 0 Å². The van der Waals surface area contributed by atoms with Crippen LogP contribution in [-0.2, 0) is 19.4 Å². The predicted molar refractivity (Wildman–Crippen MR) is 76.1 cm³/mol. The van der Waals surface area contributed by atoms with E-state index in [0.717, 1.165) is 11.3 Å². The lowest BCUT2D eigenvalue weighted by Gasteiger charge is -2.16. The van der Waals surface area contributed by atoms with Crippen molar-refractivity contribution < 1.29 is 4.74 Å². The zero-order valence-electron chi connectivity index (χ0n) is 10.9. The van der Waals surface area contributed by atoms with Gasteiger partial charge in [-0.15, -0.1) is 0 Å². The minimum atomic E-state index is 0.533. The lowest BCUT2D eigenvalue weighted by molar-refractivity contribution is 0.305. The summed E-state index contributed by atoms with van der Waals surface area (Å²) < 4.78 is 5.83. The lowest BCUT2D eigenvalue weighted by atomic mass is 9.92. The van der Waals surface area contributed by atoms with E-state index in [-0.39, 0.29) is 0 Å². The second-order valence-electron chi connectivity index (χ2n) is 5.02. The Bertz CT molecular complexity index is 581. The number of rotatable bonds is 3. The predicted octanol–water partition coefficient (Wildman–Crippen LogP) is 3.12. The Balaban J connectivity index is 1.70. The van der Waals surface area contributed by atoms with Crippen LogP contribution in [-0.4, -0.2) is 4.98 Å². The molecule has 1 aromatic heterocycles. The van der Waals surface area contributed by atoms with Crippen molar-refractivity contribution in [3.63, 3.8) is 0 Å². The minimum absolute atomic E-state index is 0.533. The highest BCUT2D eigenvalue weighted by molar-refractivity contribution is 5.37. The molecule has 98 valence electrons. The Hall–Kier alpha value is -2.03. The van der Waals surface area contributed by atoms with Crippen LogP contribution in [0.2, 0.25) is 0 Å². The van der Waals surface area contributed by atoms with E-state index in [2.05, 4.69) is 23.2 Å². The van der Waals surface area contributed by atoms with Crippen molar-refractivity contribution in [2.75, 3.05) is 5.73 Å². The summed E-state index contributed by atoms with van der Waals surface area (Å²) in [5, 5.41) is 0. The van der Waals surface area contributed by atoms with Crippen molar-refractivity contribution in [2.45, 2.75) is 32.3 Å². The standard InChI is InChI=1S/C16H18N2O/c17-16-9-12(7-8-18-16)11-19-15-6-5-13-3-1-2-4-14(13)10-15/h5-10H,1-4,11H2,(H2,17,18). The number of anilines is 1. The molecule has 1 aliphatic carbocycles. The molecule has 2 aromatic rings. The number of nitrogens with zero attached hydrogens (tertiary/aromatic N) is 1. The van der Waals surface area contributed by atoms with Crippen LogP contribution in [0.1, 0.15) is 29.5 Å². The normalized spacial score (nSPS) is 13.9. The molecule has 0 spiro atoms. The number of ether oxygens (including phenoxy) is 1. The average molecular weight is 254 g/mol. The molecule has 3 nitrogen and oxygen atoms in total. The number of benzene rings is 1. The van der Waals surface area contributed by atoms with Crippen LogP contribution in [0.15, 0.2) is 36.5 Å². The number of nitrogens with two attached hydrogens (primary N) is 1. The van der Waals surface area contributed by atoms with Crippen molar-refractivity contribution in [2.24, 2.45) is 0 Å². The maximum atomic E-state index is 5.83. The molecule has 0 saturated carbocycles. The van der Waals surface area contributed by atoms with Crippen LogP contribution < -0.4 is 10.5 Å². The molecular weight excluding hydrogens is 236 g/mol. The molecule has 0 bridgehead atoms. The fourth-order valence-electron chi connectivity index (χ4n) is 2.55. The monoisotopic (exact) mass is 254 g/mol. The molecule has 19 heavy (non-hydrogen) atoms. The van der Waals surface area contributed by atoms with E-state index in [1.807, 2.05) is 12.1 Å². The Kier molecular flexibility index (Phi) is 3.36. The molecular formula is C16H18N2O. The molecule has 0 atom stereocenters. The third kappa shape index (κ3) is 2.87. The van der Waals surface area contributed by atoms with Crippen LogP contribution in [0.3, 0.4) is 0 Å². The van der Waals surface area contributed by atoms with Gasteiger partial charge >= 0.3 is 0 Å². The van der Waals surface area contributed by atoms with Gasteiger partial charge in [0.1, 0.15) is 18.2 Å². The summed E-state index contributed by atoms with van der Waals surface area (Å²) in [5.41, 5.74) is 9.62. The average Bonchev–Trinajstić information content (AvgIpc) is 2.45. The van der Waals surface area contributed by atoms with Gasteiger partial charge in [-0.1, -0.05) is 6.07 Å². The van der Waals surface area contributed by atoms with Crippen LogP contribution in [0.5, 0.6) is 5.75 Å². The number of fused-ring (bicyclic) bond motifs is 1. The van der Waals surface area contributed by atoms with Crippen molar-refractivity contribution in [3.8, 4) is 5.75 Å². The summed E-state index contributed by atoms with van der Waals surface area (Å²) in [7, 11) is 0. The first-order chi connectivity index (χ1) is 9.31. The zero-order valence-corrected chi connectivity index (χ0v) is 10.9. The summed E-state index contributed by atoms with van der Waals surface area (Å²) in [4.78, 5) is 3.97. The molecule has 1 aromatic carbocycles. The quantitative estimate of drug-likeness (QED) is 0.915. The molecule has 0 radical (unpaired) electrons. The van der Waals surface area contributed by atoms with Crippen LogP contribution >= 0.6 is 0 Å². The third-order valence-corrected chi connectivity index (χ3v) is 3.57. The van der Waals surface area contributed by atoms with Gasteiger partial charge in [-0.3, -0.25) is 0 Å². The molecule has 3 heteroatoms. The maximum Gasteiger partial charge on any atom is 0.123 e. The van der Waals surface area contributed by atoms with Crippen LogP contribution in [0, 0.1) is 0 Å². The highest BCUT2D eigenvalue weighted by Gasteiger charge is 2.09. The van der Waals surface area contributed by atoms with E-state index in [9.17, 15) is 0 Å². The van der Waals surface area contributed by atoms with Gasteiger partial charge in [0.05, 0.1) is 0 Å². The van der Waals surface area contributed by atoms with Gasteiger partial charge in [-0.05, 0) is 66.6 Å². The summed E-state index contributed by atoms with van der Waals surface area (Å²) >= 11 is 0. The van der Waals surface area contributed by atoms with E-state index in [1.165, 1.54) is 36.8 Å². The number of aromatic nitrogens is 1. The highest BCUT2D eigenvalue weighted by atomic mass is 16.5. The second-order valence-corrected chi connectivity index (χ2v) is 5.02. The van der Waals surface area contributed by atoms with Gasteiger partial charge in [-0.25, -0.2) is 4.98 Å². The first kappa shape index (κ1) is 12.0. The summed E-state index contributed by atoms with van der Waals surface area (Å²) in [5.74, 6) is 1.47. The van der Waals surface area contributed by atoms with Gasteiger partial charge in [0.2, 0.25) is 0 Å². The Morgan fingerprint density at radius 2 is 1.89 bits per heavy atom. The molecule has 1 heterocycles. The topological polar surface area (TPSA) is 48.1 Å². The van der Waals surface area contributed by atoms with Gasteiger partial charge in [0.25, 0.3) is 0 Å². The van der Waals surface area contributed by atoms with Crippen LogP contribution in [0.4, 0.5) is 5.82 Å². The van der Waals surface area contributed by atoms with Crippen molar-refractivity contribution in [3.05, 3.63) is 53.2 Å². The molecule has 0 saturated heterocycles. The van der Waals surface area contributed by atoms with Gasteiger partial charge in [0, 0.05) is 6.20 Å². The summed E-state index contributed by atoms with van der Waals surface area (Å²) in [6, 6.07) is 10.2. The smallest absolute Gasteiger partial charge is 0.123 e. The fourth-order valence-corrected chi connectivity index (χ4v) is 2.55. The first-order valence-corrected chi connectivity index (χ1v) is 6.76. The summed E-state index contributed by atoms with van der Waals surface area (Å²) in [6.45, 7) is 0.533. The van der Waals surface area contributed by atoms with Crippen molar-refractivity contribution in [1.29, 1.82) is 0 Å². The first-order valence-electron chi connectivity index (χ1n) is 6.76. The second kappa shape index (κ2) is 5.31. The highest BCUT2D eigenvalue weighted by Crippen LogP contribution is 2.25. The molecule has 0 fully saturated rings. The summed E-state index contributed by atoms with van der Waals surface area (Å²) in [6.07, 6.45) is 6.69. The van der Waals surface area contributed by atoms with Crippen molar-refractivity contribution in [1.82, 2.24) is 4.98 Å². The molecule has 0 unspecified atom stereocenters. The van der Waals surface area contributed by atoms with Crippen molar-refractivity contribution >= 4 is 5.82 Å². The molecule has 3 rings (SSSR count). The lowest BCUT2D eigenvalue weighted by Crippen LogP contribution is -2.03. The molecule has 0 amide bonds. The number of aryl methyl sites for hydroxylation is 2. The minimum Gasteiger partial charge on any atom is -0.489 e. The molecule has 2 N–H and O–H groups in total. The number of pyridine rings is 1. The van der Waals surface area contributed by atoms with E-state index >= 15 is 0 Å². The SMILES string of the molecule is Nc1cc(COc2ccc3c(c2)CCCC3)ccn1. The number of nitrogen functional groups attached to an aromatic ring is 1. The Morgan fingerprint density at radius 1 is 1.05 bits per heavy atom. The van der Waals surface area contributed by atoms with E-state index in [1.54, 1.807) is 6.20 Å². The maximum absolute atomic E-state index is 5.83. The Morgan fingerprint density at radius 3 is 2.74 bits per heavy atom. The molecule has 1 aliphatic rings. The van der Waals surface area contributed by atoms with Crippen LogP contribution in [0.25, 0.3) is 0 Å². The fraction of sp³-hybridized carbons (Fsp3) is 0.312. The van der Waals surface area contributed by atoms with Gasteiger partial charge in [0.15, 0.2) is 0 Å². The van der Waals surface area contributed by atoms with E-state index < -0.39 is 0 Å². The third-order valence-electron chi connectivity index (χ3n) is 3.57. The largest absolute Gasteiger partial charge is 0.489 e. The number of hydrogen-bond donors (Lipinski definition) is 1. The van der Waals surface area contributed by atoms with Gasteiger partial charge < -0.3 is 10.5 Å². The number of hydrogen-bond acceptors (Lipinski definition) is 3. The van der Waals surface area contributed by atoms with E-state index in [0.29, 0.717) is 12.4 Å². The van der Waals surface area contributed by atoms with E-state index in [4.69, 9.17) is 10.5 Å².